The number of carbonyl (C=O) groups is 2. The van der Waals surface area contributed by atoms with Crippen molar-refractivity contribution in [1.29, 1.82) is 0 Å². The standard InChI is InChI=1S/C26H34N2O4S/c1-4-5-6-7-14-32-20-12-9-18(16-21(20)31-3)10-13-23(29)28-26-24(25(27)30)19-11-8-17(2)15-22(19)33-26/h9-10,12-13,16-17H,4-8,11,14-15H2,1-3H3,(H2,27,30)(H,28,29). The molecule has 7 heteroatoms. The molecule has 2 amide bonds. The molecular weight excluding hydrogens is 436 g/mol. The smallest absolute Gasteiger partial charge is 0.251 e. The number of rotatable bonds is 11. The molecule has 0 radical (unpaired) electrons. The molecule has 33 heavy (non-hydrogen) atoms. The zero-order valence-electron chi connectivity index (χ0n) is 19.7. The van der Waals surface area contributed by atoms with Crippen LogP contribution in [0.3, 0.4) is 0 Å². The van der Waals surface area contributed by atoms with Crippen molar-refractivity contribution in [2.45, 2.75) is 58.8 Å². The van der Waals surface area contributed by atoms with E-state index in [1.54, 1.807) is 13.2 Å². The van der Waals surface area contributed by atoms with Gasteiger partial charge in [0.05, 0.1) is 19.3 Å². The normalized spacial score (nSPS) is 15.3. The Morgan fingerprint density at radius 1 is 1.24 bits per heavy atom. The van der Waals surface area contributed by atoms with Gasteiger partial charge in [-0.25, -0.2) is 0 Å². The van der Waals surface area contributed by atoms with Crippen molar-refractivity contribution in [3.05, 3.63) is 45.8 Å². The molecule has 2 aromatic rings. The van der Waals surface area contributed by atoms with Gasteiger partial charge in [0.1, 0.15) is 5.00 Å². The first-order valence-corrected chi connectivity index (χ1v) is 12.5. The van der Waals surface area contributed by atoms with Crippen molar-refractivity contribution in [1.82, 2.24) is 0 Å². The van der Waals surface area contributed by atoms with E-state index in [1.807, 2.05) is 18.2 Å². The van der Waals surface area contributed by atoms with Crippen molar-refractivity contribution in [2.24, 2.45) is 11.7 Å². The number of fused-ring (bicyclic) bond motifs is 1. The Kier molecular flexibility index (Phi) is 8.95. The van der Waals surface area contributed by atoms with Crippen LogP contribution < -0.4 is 20.5 Å². The molecule has 0 saturated heterocycles. The molecular formula is C26H34N2O4S. The predicted molar refractivity (Wildman–Crippen MR) is 134 cm³/mol. The van der Waals surface area contributed by atoms with E-state index in [9.17, 15) is 9.59 Å². The van der Waals surface area contributed by atoms with Gasteiger partial charge in [-0.05, 0) is 60.9 Å². The molecule has 0 saturated carbocycles. The molecule has 0 fully saturated rings. The maximum absolute atomic E-state index is 12.6. The predicted octanol–water partition coefficient (Wildman–Crippen LogP) is 5.59. The summed E-state index contributed by atoms with van der Waals surface area (Å²) in [6.07, 6.45) is 10.5. The van der Waals surface area contributed by atoms with E-state index in [-0.39, 0.29) is 5.91 Å². The van der Waals surface area contributed by atoms with Crippen molar-refractivity contribution in [3.8, 4) is 11.5 Å². The summed E-state index contributed by atoms with van der Waals surface area (Å²) in [6, 6.07) is 5.58. The first-order valence-electron chi connectivity index (χ1n) is 11.7. The number of hydrogen-bond donors (Lipinski definition) is 2. The van der Waals surface area contributed by atoms with Crippen LogP contribution in [0.1, 0.15) is 72.3 Å². The van der Waals surface area contributed by atoms with Crippen LogP contribution in [0.2, 0.25) is 0 Å². The van der Waals surface area contributed by atoms with Gasteiger partial charge in [0.25, 0.3) is 5.91 Å². The molecule has 0 spiro atoms. The second-order valence-electron chi connectivity index (χ2n) is 8.56. The van der Waals surface area contributed by atoms with Gasteiger partial charge in [0, 0.05) is 11.0 Å². The molecule has 1 heterocycles. The van der Waals surface area contributed by atoms with Crippen molar-refractivity contribution >= 4 is 34.2 Å². The fourth-order valence-corrected chi connectivity index (χ4v) is 5.46. The zero-order chi connectivity index (χ0) is 23.8. The van der Waals surface area contributed by atoms with Crippen LogP contribution in [0.15, 0.2) is 24.3 Å². The van der Waals surface area contributed by atoms with E-state index >= 15 is 0 Å². The fourth-order valence-electron chi connectivity index (χ4n) is 4.04. The number of thiophene rings is 1. The highest BCUT2D eigenvalue weighted by Crippen LogP contribution is 2.39. The number of ether oxygens (including phenoxy) is 2. The molecule has 1 aliphatic rings. The zero-order valence-corrected chi connectivity index (χ0v) is 20.6. The summed E-state index contributed by atoms with van der Waals surface area (Å²) in [5, 5.41) is 3.40. The molecule has 178 valence electrons. The molecule has 1 aliphatic carbocycles. The monoisotopic (exact) mass is 470 g/mol. The van der Waals surface area contributed by atoms with E-state index in [1.165, 1.54) is 30.3 Å². The summed E-state index contributed by atoms with van der Waals surface area (Å²) in [7, 11) is 1.60. The SMILES string of the molecule is CCCCCCOc1ccc(C=CC(=O)Nc2sc3c(c2C(N)=O)CCC(C)C3)cc1OC. The summed E-state index contributed by atoms with van der Waals surface area (Å²) < 4.78 is 11.3. The molecule has 3 N–H and O–H groups in total. The Morgan fingerprint density at radius 2 is 2.06 bits per heavy atom. The average molecular weight is 471 g/mol. The lowest BCUT2D eigenvalue weighted by Crippen LogP contribution is -2.18. The molecule has 1 aromatic carbocycles. The number of primary amides is 1. The van der Waals surface area contributed by atoms with Gasteiger partial charge in [0.15, 0.2) is 11.5 Å². The van der Waals surface area contributed by atoms with E-state index in [0.717, 1.165) is 48.1 Å². The van der Waals surface area contributed by atoms with Gasteiger partial charge in [-0.3, -0.25) is 9.59 Å². The number of hydrogen-bond acceptors (Lipinski definition) is 5. The largest absolute Gasteiger partial charge is 0.493 e. The summed E-state index contributed by atoms with van der Waals surface area (Å²) in [6.45, 7) is 5.03. The van der Waals surface area contributed by atoms with Gasteiger partial charge < -0.3 is 20.5 Å². The topological polar surface area (TPSA) is 90.6 Å². The van der Waals surface area contributed by atoms with E-state index < -0.39 is 5.91 Å². The Bertz CT molecular complexity index is 1010. The van der Waals surface area contributed by atoms with Crippen LogP contribution in [0.4, 0.5) is 5.00 Å². The number of nitrogens with two attached hydrogens (primary N) is 1. The number of anilines is 1. The highest BCUT2D eigenvalue weighted by Gasteiger charge is 2.26. The molecule has 6 nitrogen and oxygen atoms in total. The summed E-state index contributed by atoms with van der Waals surface area (Å²) in [5.41, 5.74) is 7.91. The van der Waals surface area contributed by atoms with Crippen LogP contribution in [0, 0.1) is 5.92 Å². The molecule has 1 aromatic heterocycles. The first kappa shape index (κ1) is 24.8. The number of nitrogens with one attached hydrogen (secondary N) is 1. The highest BCUT2D eigenvalue weighted by atomic mass is 32.1. The van der Waals surface area contributed by atoms with Gasteiger partial charge >= 0.3 is 0 Å². The quantitative estimate of drug-likeness (QED) is 0.331. The van der Waals surface area contributed by atoms with Crippen LogP contribution in [-0.2, 0) is 17.6 Å². The third kappa shape index (κ3) is 6.60. The number of benzene rings is 1. The van der Waals surface area contributed by atoms with E-state index in [2.05, 4.69) is 19.2 Å². The van der Waals surface area contributed by atoms with Crippen LogP contribution in [0.5, 0.6) is 11.5 Å². The number of amides is 2. The summed E-state index contributed by atoms with van der Waals surface area (Å²) >= 11 is 1.46. The molecule has 1 unspecified atom stereocenters. The summed E-state index contributed by atoms with van der Waals surface area (Å²) in [5.74, 6) is 1.10. The van der Waals surface area contributed by atoms with Gasteiger partial charge in [-0.2, -0.15) is 0 Å². The van der Waals surface area contributed by atoms with E-state index in [0.29, 0.717) is 34.6 Å². The van der Waals surface area contributed by atoms with E-state index in [4.69, 9.17) is 15.2 Å². The third-order valence-electron chi connectivity index (χ3n) is 5.87. The molecule has 1 atom stereocenters. The Labute approximate surface area is 200 Å². The number of methoxy groups -OCH3 is 1. The minimum Gasteiger partial charge on any atom is -0.493 e. The first-order chi connectivity index (χ1) is 15.9. The minimum atomic E-state index is -0.489. The van der Waals surface area contributed by atoms with Crippen molar-refractivity contribution in [3.63, 3.8) is 0 Å². The third-order valence-corrected chi connectivity index (χ3v) is 7.03. The maximum atomic E-state index is 12.6. The lowest BCUT2D eigenvalue weighted by atomic mass is 9.88. The number of carbonyl (C=O) groups excluding carboxylic acids is 2. The van der Waals surface area contributed by atoms with Gasteiger partial charge in [-0.1, -0.05) is 39.2 Å². The summed E-state index contributed by atoms with van der Waals surface area (Å²) in [4.78, 5) is 25.8. The van der Waals surface area contributed by atoms with Crippen molar-refractivity contribution in [2.75, 3.05) is 19.0 Å². The second-order valence-corrected chi connectivity index (χ2v) is 9.67. The van der Waals surface area contributed by atoms with Gasteiger partial charge in [0.2, 0.25) is 5.91 Å². The van der Waals surface area contributed by atoms with Gasteiger partial charge in [-0.15, -0.1) is 11.3 Å². The fraction of sp³-hybridized carbons (Fsp3) is 0.462. The van der Waals surface area contributed by atoms with Crippen LogP contribution in [0.25, 0.3) is 6.08 Å². The minimum absolute atomic E-state index is 0.306. The molecule has 0 aliphatic heterocycles. The maximum Gasteiger partial charge on any atom is 0.251 e. The van der Waals surface area contributed by atoms with Crippen LogP contribution >= 0.6 is 11.3 Å². The molecule has 0 bridgehead atoms. The Balaban J connectivity index is 1.65. The Morgan fingerprint density at radius 3 is 2.79 bits per heavy atom. The lowest BCUT2D eigenvalue weighted by molar-refractivity contribution is -0.111. The lowest BCUT2D eigenvalue weighted by Gasteiger charge is -2.18. The number of unbranched alkanes of at least 4 members (excludes halogenated alkanes) is 3. The van der Waals surface area contributed by atoms with Crippen molar-refractivity contribution < 1.29 is 19.1 Å². The molecule has 3 rings (SSSR count). The average Bonchev–Trinajstić information content (AvgIpc) is 3.14. The Hall–Kier alpha value is -2.80. The second kappa shape index (κ2) is 11.9. The van der Waals surface area contributed by atoms with Crippen LogP contribution in [-0.4, -0.2) is 25.5 Å². The highest BCUT2D eigenvalue weighted by molar-refractivity contribution is 7.17.